The molecule has 7 heteroatoms. The summed E-state index contributed by atoms with van der Waals surface area (Å²) in [6, 6.07) is 7.92. The highest BCUT2D eigenvalue weighted by atomic mass is 16.8. The summed E-state index contributed by atoms with van der Waals surface area (Å²) >= 11 is 0. The van der Waals surface area contributed by atoms with E-state index >= 15 is 0 Å². The maximum atomic E-state index is 13.6. The fourth-order valence-corrected chi connectivity index (χ4v) is 5.55. The minimum Gasteiger partial charge on any atom is -0.618 e. The van der Waals surface area contributed by atoms with Gasteiger partial charge in [-0.05, 0) is 71.1 Å². The number of hydrogen-bond acceptors (Lipinski definition) is 6. The van der Waals surface area contributed by atoms with E-state index in [1.807, 2.05) is 45.9 Å². The summed E-state index contributed by atoms with van der Waals surface area (Å²) in [4.78, 5) is 4.92. The summed E-state index contributed by atoms with van der Waals surface area (Å²) in [6.45, 7) is 7.67. The van der Waals surface area contributed by atoms with Gasteiger partial charge in [0.2, 0.25) is 11.4 Å². The highest BCUT2D eigenvalue weighted by Crippen LogP contribution is 2.45. The zero-order chi connectivity index (χ0) is 21.5. The molecular formula is C24H28N2O5. The van der Waals surface area contributed by atoms with Gasteiger partial charge in [0.25, 0.3) is 0 Å². The molecule has 0 bridgehead atoms. The van der Waals surface area contributed by atoms with E-state index in [0.717, 1.165) is 47.2 Å². The highest BCUT2D eigenvalue weighted by Gasteiger charge is 2.49. The van der Waals surface area contributed by atoms with Crippen LogP contribution in [0.5, 0.6) is 0 Å². The molecule has 0 spiro atoms. The molecule has 0 radical (unpaired) electrons. The predicted octanol–water partition coefficient (Wildman–Crippen LogP) is 3.66. The number of nitrogens with zero attached hydrogens (tertiary/aromatic N) is 2. The van der Waals surface area contributed by atoms with E-state index in [-0.39, 0.29) is 24.4 Å². The standard InChI is InChI=1S/C24H28N2O5/c1-23(2)28-17-11-7-13-5-9-15(25-19(13)21(17)30-23)16-10-6-14-8-12-18-22(20(14)26(16)27)31-24(3,4)29-18/h5-6,9-10,17-18,21-22H,7-8,11-12H2,1-4H3/t17-,18-,21-,22-/m0/s1. The predicted molar refractivity (Wildman–Crippen MR) is 111 cm³/mol. The van der Waals surface area contributed by atoms with E-state index in [4.69, 9.17) is 23.9 Å². The highest BCUT2D eigenvalue weighted by molar-refractivity contribution is 5.53. The second-order valence-corrected chi connectivity index (χ2v) is 9.93. The van der Waals surface area contributed by atoms with Gasteiger partial charge in [0.05, 0.1) is 17.9 Å². The quantitative estimate of drug-likeness (QED) is 0.514. The minimum absolute atomic E-state index is 0.000171. The third-order valence-corrected chi connectivity index (χ3v) is 6.79. The van der Waals surface area contributed by atoms with Crippen LogP contribution in [-0.2, 0) is 31.8 Å². The molecule has 4 aliphatic rings. The van der Waals surface area contributed by atoms with Crippen LogP contribution in [0.4, 0.5) is 0 Å². The van der Waals surface area contributed by atoms with Gasteiger partial charge in [-0.15, -0.1) is 0 Å². The van der Waals surface area contributed by atoms with Crippen LogP contribution in [0.15, 0.2) is 24.3 Å². The van der Waals surface area contributed by atoms with Crippen molar-refractivity contribution in [1.29, 1.82) is 0 Å². The second kappa shape index (κ2) is 6.48. The smallest absolute Gasteiger partial charge is 0.242 e. The van der Waals surface area contributed by atoms with E-state index in [2.05, 4.69) is 6.07 Å². The van der Waals surface area contributed by atoms with Crippen LogP contribution in [0.1, 0.15) is 75.3 Å². The average molecular weight is 424 g/mol. The Hall–Kier alpha value is -2.06. The summed E-state index contributed by atoms with van der Waals surface area (Å²) < 4.78 is 25.4. The maximum absolute atomic E-state index is 13.6. The molecule has 7 nitrogen and oxygen atoms in total. The Morgan fingerprint density at radius 2 is 1.45 bits per heavy atom. The molecule has 0 amide bonds. The lowest BCUT2D eigenvalue weighted by molar-refractivity contribution is -0.608. The molecule has 164 valence electrons. The summed E-state index contributed by atoms with van der Waals surface area (Å²) in [6.07, 6.45) is 2.82. The van der Waals surface area contributed by atoms with Crippen molar-refractivity contribution in [3.63, 3.8) is 0 Å². The number of ether oxygens (including phenoxy) is 4. The normalized spacial score (nSPS) is 32.1. The summed E-state index contributed by atoms with van der Waals surface area (Å²) in [7, 11) is 0. The Balaban J connectivity index is 1.42. The number of aryl methyl sites for hydroxylation is 2. The van der Waals surface area contributed by atoms with E-state index in [9.17, 15) is 5.21 Å². The molecule has 4 atom stereocenters. The van der Waals surface area contributed by atoms with E-state index in [1.54, 1.807) is 0 Å². The van der Waals surface area contributed by atoms with Gasteiger partial charge in [-0.3, -0.25) is 0 Å². The molecule has 2 aromatic heterocycles. The fourth-order valence-electron chi connectivity index (χ4n) is 5.55. The van der Waals surface area contributed by atoms with Crippen LogP contribution >= 0.6 is 0 Å². The lowest BCUT2D eigenvalue weighted by Gasteiger charge is -2.26. The van der Waals surface area contributed by atoms with Gasteiger partial charge in [0.15, 0.2) is 17.7 Å². The van der Waals surface area contributed by atoms with Crippen LogP contribution in [0.25, 0.3) is 11.4 Å². The fraction of sp³-hybridized carbons (Fsp3) is 0.583. The van der Waals surface area contributed by atoms with Gasteiger partial charge in [-0.1, -0.05) is 6.07 Å². The molecule has 2 aliphatic heterocycles. The Bertz CT molecular complexity index is 1070. The minimum atomic E-state index is -0.689. The Morgan fingerprint density at radius 3 is 2.19 bits per heavy atom. The van der Waals surface area contributed by atoms with Crippen molar-refractivity contribution >= 4 is 0 Å². The van der Waals surface area contributed by atoms with Crippen LogP contribution < -0.4 is 4.73 Å². The summed E-state index contributed by atoms with van der Waals surface area (Å²) in [5, 5.41) is 13.6. The summed E-state index contributed by atoms with van der Waals surface area (Å²) in [5.74, 6) is -1.31. The van der Waals surface area contributed by atoms with Crippen LogP contribution in [0.3, 0.4) is 0 Å². The van der Waals surface area contributed by atoms with Gasteiger partial charge in [0, 0.05) is 11.6 Å². The van der Waals surface area contributed by atoms with Gasteiger partial charge in [-0.25, -0.2) is 4.98 Å². The first-order valence-corrected chi connectivity index (χ1v) is 11.2. The molecule has 2 fully saturated rings. The number of pyridine rings is 2. The van der Waals surface area contributed by atoms with Crippen LogP contribution in [0, 0.1) is 5.21 Å². The van der Waals surface area contributed by atoms with Gasteiger partial charge in [0.1, 0.15) is 11.8 Å². The molecule has 2 aromatic rings. The molecule has 4 heterocycles. The van der Waals surface area contributed by atoms with Crippen molar-refractivity contribution in [2.45, 2.75) is 89.4 Å². The van der Waals surface area contributed by atoms with E-state index in [1.165, 1.54) is 0 Å². The van der Waals surface area contributed by atoms with Crippen molar-refractivity contribution in [1.82, 2.24) is 4.98 Å². The van der Waals surface area contributed by atoms with E-state index in [0.29, 0.717) is 17.1 Å². The Labute approximate surface area is 181 Å². The maximum Gasteiger partial charge on any atom is 0.242 e. The monoisotopic (exact) mass is 424 g/mol. The molecule has 2 aliphatic carbocycles. The Morgan fingerprint density at radius 1 is 0.839 bits per heavy atom. The molecule has 0 saturated carbocycles. The van der Waals surface area contributed by atoms with Crippen molar-refractivity contribution in [3.05, 3.63) is 52.0 Å². The zero-order valence-corrected chi connectivity index (χ0v) is 18.4. The first kappa shape index (κ1) is 19.6. The second-order valence-electron chi connectivity index (χ2n) is 9.93. The zero-order valence-electron chi connectivity index (χ0n) is 18.4. The molecule has 31 heavy (non-hydrogen) atoms. The first-order valence-electron chi connectivity index (χ1n) is 11.2. The third-order valence-electron chi connectivity index (χ3n) is 6.79. The Kier molecular flexibility index (Phi) is 4.10. The number of rotatable bonds is 1. The van der Waals surface area contributed by atoms with Crippen LogP contribution in [-0.4, -0.2) is 28.8 Å². The van der Waals surface area contributed by atoms with Gasteiger partial charge in [-0.2, -0.15) is 4.73 Å². The van der Waals surface area contributed by atoms with Crippen molar-refractivity contribution < 1.29 is 23.7 Å². The topological polar surface area (TPSA) is 76.8 Å². The third kappa shape index (κ3) is 3.09. The van der Waals surface area contributed by atoms with Crippen molar-refractivity contribution in [2.75, 3.05) is 0 Å². The molecule has 0 aromatic carbocycles. The molecule has 2 saturated heterocycles. The molecule has 6 rings (SSSR count). The number of hydrogen-bond donors (Lipinski definition) is 0. The van der Waals surface area contributed by atoms with Crippen LogP contribution in [0.2, 0.25) is 0 Å². The molecular weight excluding hydrogens is 396 g/mol. The lowest BCUT2D eigenvalue weighted by Crippen LogP contribution is -2.42. The largest absolute Gasteiger partial charge is 0.618 e. The number of fused-ring (bicyclic) bond motifs is 6. The van der Waals surface area contributed by atoms with Crippen molar-refractivity contribution in [2.24, 2.45) is 0 Å². The van der Waals surface area contributed by atoms with Gasteiger partial charge >= 0.3 is 0 Å². The van der Waals surface area contributed by atoms with Gasteiger partial charge < -0.3 is 24.2 Å². The molecule has 0 unspecified atom stereocenters. The SMILES string of the molecule is CC1(C)O[C@H]2CCc3ccc(-c4ccc5c([n+]4[O-])[C@H]4OC(C)(C)O[C@H]4CC5)nc3[C@H]2O1. The first-order chi connectivity index (χ1) is 14.7. The summed E-state index contributed by atoms with van der Waals surface area (Å²) in [5.41, 5.74) is 4.89. The lowest BCUT2D eigenvalue weighted by atomic mass is 9.90. The van der Waals surface area contributed by atoms with E-state index < -0.39 is 11.6 Å². The molecule has 0 N–H and O–H groups in total. The van der Waals surface area contributed by atoms with Crippen molar-refractivity contribution in [3.8, 4) is 11.4 Å². The average Bonchev–Trinajstić information content (AvgIpc) is 3.20. The number of aromatic nitrogens is 2.